The monoisotopic (exact) mass is 506 g/mol. The molecule has 1 atom stereocenters. The molecule has 0 bridgehead atoms. The van der Waals surface area contributed by atoms with Gasteiger partial charge in [0.15, 0.2) is 11.6 Å². The molecule has 0 aliphatic carbocycles. The lowest BCUT2D eigenvalue weighted by Crippen LogP contribution is -2.49. The SMILES string of the molecule is O=C(c1cccc(F)c1F)N1CCN(C[C@H](OCc2c(F)cccc2F)c2ccc(Cl)cc2)CC1. The summed E-state index contributed by atoms with van der Waals surface area (Å²) in [6.07, 6.45) is -0.519. The van der Waals surface area contributed by atoms with E-state index in [-0.39, 0.29) is 17.7 Å². The van der Waals surface area contributed by atoms with Gasteiger partial charge in [-0.25, -0.2) is 17.6 Å². The second-order valence-electron chi connectivity index (χ2n) is 8.25. The highest BCUT2D eigenvalue weighted by atomic mass is 35.5. The van der Waals surface area contributed by atoms with Crippen LogP contribution in [0, 0.1) is 23.3 Å². The number of carbonyl (C=O) groups is 1. The van der Waals surface area contributed by atoms with E-state index in [1.54, 1.807) is 24.3 Å². The molecule has 0 spiro atoms. The number of benzene rings is 3. The summed E-state index contributed by atoms with van der Waals surface area (Å²) in [5.41, 5.74) is 0.332. The van der Waals surface area contributed by atoms with Crippen molar-refractivity contribution in [2.24, 2.45) is 0 Å². The maximum absolute atomic E-state index is 14.1. The molecule has 4 rings (SSSR count). The third-order valence-electron chi connectivity index (χ3n) is 6.00. The fraction of sp³-hybridized carbons (Fsp3) is 0.269. The van der Waals surface area contributed by atoms with Crippen LogP contribution in [0.25, 0.3) is 0 Å². The second kappa shape index (κ2) is 11.2. The Morgan fingerprint density at radius 3 is 2.11 bits per heavy atom. The van der Waals surface area contributed by atoms with Gasteiger partial charge in [-0.05, 0) is 42.0 Å². The number of rotatable bonds is 7. The molecule has 1 fully saturated rings. The lowest BCUT2D eigenvalue weighted by molar-refractivity contribution is 0.00140. The summed E-state index contributed by atoms with van der Waals surface area (Å²) in [5, 5.41) is 0.546. The molecule has 9 heteroatoms. The molecule has 4 nitrogen and oxygen atoms in total. The van der Waals surface area contributed by atoms with E-state index < -0.39 is 35.3 Å². The van der Waals surface area contributed by atoms with E-state index in [9.17, 15) is 22.4 Å². The highest BCUT2D eigenvalue weighted by Gasteiger charge is 2.27. The van der Waals surface area contributed by atoms with Gasteiger partial charge in [-0.3, -0.25) is 9.69 Å². The lowest BCUT2D eigenvalue weighted by Gasteiger charge is -2.36. The van der Waals surface area contributed by atoms with Crippen molar-refractivity contribution in [3.05, 3.63) is 106 Å². The summed E-state index contributed by atoms with van der Waals surface area (Å²) < 4.78 is 61.7. The van der Waals surface area contributed by atoms with Crippen LogP contribution in [0.4, 0.5) is 17.6 Å². The molecule has 3 aromatic rings. The molecule has 0 saturated carbocycles. The van der Waals surface area contributed by atoms with E-state index in [2.05, 4.69) is 0 Å². The molecular formula is C26H23ClF4N2O2. The van der Waals surface area contributed by atoms with Crippen LogP contribution >= 0.6 is 11.6 Å². The first-order valence-electron chi connectivity index (χ1n) is 11.1. The van der Waals surface area contributed by atoms with E-state index in [0.29, 0.717) is 37.7 Å². The number of amides is 1. The van der Waals surface area contributed by atoms with Gasteiger partial charge < -0.3 is 9.64 Å². The molecule has 0 radical (unpaired) electrons. The van der Waals surface area contributed by atoms with Gasteiger partial charge in [-0.2, -0.15) is 0 Å². The minimum Gasteiger partial charge on any atom is -0.367 e. The molecule has 0 aromatic heterocycles. The van der Waals surface area contributed by atoms with Crippen LogP contribution in [-0.4, -0.2) is 48.4 Å². The quantitative estimate of drug-likeness (QED) is 0.390. The average molecular weight is 507 g/mol. The smallest absolute Gasteiger partial charge is 0.257 e. The number of piperazine rings is 1. The standard InChI is InChI=1S/C26H23ClF4N2O2/c27-18-9-7-17(8-10-18)24(35-16-20-21(28)4-2-5-22(20)29)15-32-11-13-33(14-12-32)26(34)19-3-1-6-23(30)25(19)31/h1-10,24H,11-16H2/t24-/m0/s1. The summed E-state index contributed by atoms with van der Waals surface area (Å²) in [6, 6.07) is 14.2. The average Bonchev–Trinajstić information content (AvgIpc) is 2.85. The van der Waals surface area contributed by atoms with Crippen LogP contribution in [0.5, 0.6) is 0 Å². The zero-order valence-electron chi connectivity index (χ0n) is 18.7. The van der Waals surface area contributed by atoms with Gasteiger partial charge in [0.1, 0.15) is 11.6 Å². The Morgan fingerprint density at radius 1 is 0.857 bits per heavy atom. The first-order valence-corrected chi connectivity index (χ1v) is 11.5. The van der Waals surface area contributed by atoms with Gasteiger partial charge in [-0.15, -0.1) is 0 Å². The second-order valence-corrected chi connectivity index (χ2v) is 8.68. The van der Waals surface area contributed by atoms with E-state index in [0.717, 1.165) is 11.6 Å². The molecular weight excluding hydrogens is 484 g/mol. The summed E-state index contributed by atoms with van der Waals surface area (Å²) in [5.74, 6) is -4.16. The van der Waals surface area contributed by atoms with Gasteiger partial charge in [0.25, 0.3) is 5.91 Å². The van der Waals surface area contributed by atoms with Crippen molar-refractivity contribution in [1.82, 2.24) is 9.80 Å². The zero-order valence-corrected chi connectivity index (χ0v) is 19.5. The van der Waals surface area contributed by atoms with Crippen LogP contribution in [0.2, 0.25) is 5.02 Å². The number of halogens is 5. The predicted molar refractivity (Wildman–Crippen MR) is 124 cm³/mol. The minimum absolute atomic E-state index is 0.154. The highest BCUT2D eigenvalue weighted by molar-refractivity contribution is 6.30. The molecule has 1 aliphatic rings. The van der Waals surface area contributed by atoms with E-state index in [4.69, 9.17) is 16.3 Å². The Kier molecular flexibility index (Phi) is 8.05. The van der Waals surface area contributed by atoms with Crippen molar-refractivity contribution in [1.29, 1.82) is 0 Å². The third-order valence-corrected chi connectivity index (χ3v) is 6.25. The summed E-state index contributed by atoms with van der Waals surface area (Å²) >= 11 is 6.00. The highest BCUT2D eigenvalue weighted by Crippen LogP contribution is 2.25. The van der Waals surface area contributed by atoms with Crippen molar-refractivity contribution in [3.63, 3.8) is 0 Å². The summed E-state index contributed by atoms with van der Waals surface area (Å²) in [7, 11) is 0. The van der Waals surface area contributed by atoms with E-state index in [1.165, 1.54) is 35.2 Å². The molecule has 0 N–H and O–H groups in total. The first-order chi connectivity index (χ1) is 16.8. The maximum Gasteiger partial charge on any atom is 0.257 e. The van der Waals surface area contributed by atoms with Gasteiger partial charge in [0, 0.05) is 43.3 Å². The van der Waals surface area contributed by atoms with Crippen LogP contribution in [0.15, 0.2) is 60.7 Å². The number of carbonyl (C=O) groups excluding carboxylic acids is 1. The molecule has 1 saturated heterocycles. The maximum atomic E-state index is 14.1. The van der Waals surface area contributed by atoms with Crippen LogP contribution < -0.4 is 0 Å². The van der Waals surface area contributed by atoms with Crippen molar-refractivity contribution in [2.75, 3.05) is 32.7 Å². The Balaban J connectivity index is 1.42. The lowest BCUT2D eigenvalue weighted by atomic mass is 10.1. The topological polar surface area (TPSA) is 32.8 Å². The van der Waals surface area contributed by atoms with Crippen LogP contribution in [-0.2, 0) is 11.3 Å². The molecule has 1 aliphatic heterocycles. The molecule has 184 valence electrons. The Bertz CT molecular complexity index is 1160. The van der Waals surface area contributed by atoms with E-state index >= 15 is 0 Å². The minimum atomic E-state index is -1.16. The van der Waals surface area contributed by atoms with Crippen molar-refractivity contribution in [2.45, 2.75) is 12.7 Å². The Labute approximate surface area is 205 Å². The van der Waals surface area contributed by atoms with Crippen LogP contribution in [0.1, 0.15) is 27.6 Å². The molecule has 1 heterocycles. The van der Waals surface area contributed by atoms with Gasteiger partial charge in [-0.1, -0.05) is 35.9 Å². The van der Waals surface area contributed by atoms with Gasteiger partial charge in [0.05, 0.1) is 18.3 Å². The molecule has 3 aromatic carbocycles. The molecule has 1 amide bonds. The van der Waals surface area contributed by atoms with Crippen molar-refractivity contribution < 1.29 is 27.1 Å². The number of hydrogen-bond acceptors (Lipinski definition) is 3. The van der Waals surface area contributed by atoms with E-state index in [1.807, 2.05) is 4.90 Å². The zero-order chi connectivity index (χ0) is 24.9. The largest absolute Gasteiger partial charge is 0.367 e. The Hall–Kier alpha value is -2.94. The predicted octanol–water partition coefficient (Wildman–Crippen LogP) is 5.61. The fourth-order valence-electron chi connectivity index (χ4n) is 3.99. The van der Waals surface area contributed by atoms with Crippen molar-refractivity contribution in [3.8, 4) is 0 Å². The number of hydrogen-bond donors (Lipinski definition) is 0. The van der Waals surface area contributed by atoms with Gasteiger partial charge >= 0.3 is 0 Å². The molecule has 35 heavy (non-hydrogen) atoms. The third kappa shape index (κ3) is 6.01. The summed E-state index contributed by atoms with van der Waals surface area (Å²) in [4.78, 5) is 16.2. The van der Waals surface area contributed by atoms with Crippen LogP contribution in [0.3, 0.4) is 0 Å². The van der Waals surface area contributed by atoms with Gasteiger partial charge in [0.2, 0.25) is 0 Å². The number of ether oxygens (including phenoxy) is 1. The van der Waals surface area contributed by atoms with Crippen molar-refractivity contribution >= 4 is 17.5 Å². The molecule has 0 unspecified atom stereocenters. The number of nitrogens with zero attached hydrogens (tertiary/aromatic N) is 2. The normalized spacial score (nSPS) is 15.3. The Morgan fingerprint density at radius 2 is 1.46 bits per heavy atom. The summed E-state index contributed by atoms with van der Waals surface area (Å²) in [6.45, 7) is 1.68. The first kappa shape index (κ1) is 25.2. The fourth-order valence-corrected chi connectivity index (χ4v) is 4.12.